The van der Waals surface area contributed by atoms with Gasteiger partial charge in [0.25, 0.3) is 0 Å². The number of benzene rings is 1. The first-order valence-corrected chi connectivity index (χ1v) is 5.31. The van der Waals surface area contributed by atoms with Crippen LogP contribution in [0.2, 0.25) is 0 Å². The lowest BCUT2D eigenvalue weighted by Crippen LogP contribution is -2.26. The Morgan fingerprint density at radius 1 is 1.12 bits per heavy atom. The van der Waals surface area contributed by atoms with Crippen LogP contribution in [0.3, 0.4) is 0 Å². The van der Waals surface area contributed by atoms with Crippen LogP contribution in [-0.2, 0) is 6.42 Å². The van der Waals surface area contributed by atoms with Gasteiger partial charge in [0.15, 0.2) is 11.5 Å². The molecular weight excluding hydrogens is 222 g/mol. The molecule has 1 rings (SSSR count). The van der Waals surface area contributed by atoms with Crippen LogP contribution in [0.4, 0.5) is 0 Å². The molecule has 3 N–H and O–H groups in total. The van der Waals surface area contributed by atoms with Gasteiger partial charge >= 0.3 is 0 Å². The Kier molecular flexibility index (Phi) is 5.06. The minimum absolute atomic E-state index is 0.0589. The Hall–Kier alpha value is -1.46. The molecule has 0 aliphatic heterocycles. The molecule has 0 heterocycles. The highest BCUT2D eigenvalue weighted by Crippen LogP contribution is 2.38. The molecule has 0 fully saturated rings. The molecule has 0 bridgehead atoms. The first kappa shape index (κ1) is 13.6. The molecule has 5 heteroatoms. The Morgan fingerprint density at radius 3 is 2.00 bits per heavy atom. The van der Waals surface area contributed by atoms with E-state index >= 15 is 0 Å². The van der Waals surface area contributed by atoms with E-state index in [4.69, 9.17) is 25.1 Å². The van der Waals surface area contributed by atoms with E-state index in [2.05, 4.69) is 0 Å². The van der Waals surface area contributed by atoms with Crippen molar-refractivity contribution in [2.45, 2.75) is 12.5 Å². The van der Waals surface area contributed by atoms with Crippen LogP contribution in [-0.4, -0.2) is 39.1 Å². The quantitative estimate of drug-likeness (QED) is 0.762. The minimum atomic E-state index is -0.294. The maximum absolute atomic E-state index is 8.94. The number of rotatable bonds is 6. The second kappa shape index (κ2) is 6.32. The molecule has 0 radical (unpaired) electrons. The minimum Gasteiger partial charge on any atom is -0.493 e. The number of ether oxygens (including phenoxy) is 3. The van der Waals surface area contributed by atoms with Gasteiger partial charge in [0, 0.05) is 6.04 Å². The molecule has 5 nitrogen and oxygen atoms in total. The molecule has 96 valence electrons. The van der Waals surface area contributed by atoms with Crippen LogP contribution >= 0.6 is 0 Å². The summed E-state index contributed by atoms with van der Waals surface area (Å²) in [7, 11) is 4.68. The zero-order valence-electron chi connectivity index (χ0n) is 10.4. The highest BCUT2D eigenvalue weighted by Gasteiger charge is 2.14. The number of aliphatic hydroxyl groups excluding tert-OH is 1. The third-order valence-corrected chi connectivity index (χ3v) is 2.46. The highest BCUT2D eigenvalue weighted by molar-refractivity contribution is 5.53. The summed E-state index contributed by atoms with van der Waals surface area (Å²) in [4.78, 5) is 0. The summed E-state index contributed by atoms with van der Waals surface area (Å²) in [5.41, 5.74) is 6.63. The zero-order valence-corrected chi connectivity index (χ0v) is 10.4. The molecule has 1 aromatic rings. The first-order chi connectivity index (χ1) is 8.15. The molecule has 1 unspecified atom stereocenters. The lowest BCUT2D eigenvalue weighted by atomic mass is 10.1. The van der Waals surface area contributed by atoms with E-state index in [0.29, 0.717) is 23.7 Å². The van der Waals surface area contributed by atoms with Crippen molar-refractivity contribution in [2.24, 2.45) is 5.73 Å². The fourth-order valence-electron chi connectivity index (χ4n) is 1.62. The Morgan fingerprint density at radius 2 is 1.65 bits per heavy atom. The number of hydrogen-bond acceptors (Lipinski definition) is 5. The third kappa shape index (κ3) is 3.25. The number of nitrogens with two attached hydrogens (primary N) is 1. The Bertz CT molecular complexity index is 343. The molecule has 0 spiro atoms. The van der Waals surface area contributed by atoms with Crippen molar-refractivity contribution in [3.63, 3.8) is 0 Å². The average molecular weight is 241 g/mol. The van der Waals surface area contributed by atoms with E-state index < -0.39 is 0 Å². The number of hydrogen-bond donors (Lipinski definition) is 2. The highest BCUT2D eigenvalue weighted by atomic mass is 16.5. The summed E-state index contributed by atoms with van der Waals surface area (Å²) in [5, 5.41) is 8.94. The van der Waals surface area contributed by atoms with E-state index in [0.717, 1.165) is 5.56 Å². The molecule has 17 heavy (non-hydrogen) atoms. The molecular formula is C12H19NO4. The van der Waals surface area contributed by atoms with E-state index in [-0.39, 0.29) is 12.6 Å². The monoisotopic (exact) mass is 241 g/mol. The summed E-state index contributed by atoms with van der Waals surface area (Å²) < 4.78 is 15.7. The van der Waals surface area contributed by atoms with Gasteiger partial charge in [0.2, 0.25) is 5.75 Å². The van der Waals surface area contributed by atoms with Crippen LogP contribution in [0.25, 0.3) is 0 Å². The molecule has 1 atom stereocenters. The normalized spacial score (nSPS) is 12.1. The molecule has 1 aromatic carbocycles. The largest absolute Gasteiger partial charge is 0.493 e. The van der Waals surface area contributed by atoms with Gasteiger partial charge in [-0.15, -0.1) is 0 Å². The zero-order chi connectivity index (χ0) is 12.8. The van der Waals surface area contributed by atoms with Crippen molar-refractivity contribution in [3.8, 4) is 17.2 Å². The standard InChI is InChI=1S/C12H19NO4/c1-15-10-5-8(4-9(13)7-14)6-11(16-2)12(10)17-3/h5-6,9,14H,4,7,13H2,1-3H3. The van der Waals surface area contributed by atoms with Gasteiger partial charge in [-0.2, -0.15) is 0 Å². The predicted octanol–water partition coefficient (Wildman–Crippen LogP) is 0.574. The van der Waals surface area contributed by atoms with Crippen LogP contribution in [0.5, 0.6) is 17.2 Å². The van der Waals surface area contributed by atoms with Crippen molar-refractivity contribution in [2.75, 3.05) is 27.9 Å². The predicted molar refractivity (Wildman–Crippen MR) is 64.9 cm³/mol. The van der Waals surface area contributed by atoms with Gasteiger partial charge in [-0.1, -0.05) is 0 Å². The Labute approximate surface area is 101 Å². The van der Waals surface area contributed by atoms with Crippen molar-refractivity contribution in [1.29, 1.82) is 0 Å². The lowest BCUT2D eigenvalue weighted by Gasteiger charge is -2.15. The molecule has 0 aliphatic rings. The molecule has 0 aromatic heterocycles. The van der Waals surface area contributed by atoms with E-state index in [9.17, 15) is 0 Å². The summed E-state index contributed by atoms with van der Waals surface area (Å²) in [5.74, 6) is 1.73. The van der Waals surface area contributed by atoms with Gasteiger partial charge in [0.05, 0.1) is 27.9 Å². The van der Waals surface area contributed by atoms with Crippen molar-refractivity contribution >= 4 is 0 Å². The molecule has 0 amide bonds. The number of aliphatic hydroxyl groups is 1. The smallest absolute Gasteiger partial charge is 0.203 e. The summed E-state index contributed by atoms with van der Waals surface area (Å²) >= 11 is 0. The SMILES string of the molecule is COc1cc(CC(N)CO)cc(OC)c1OC. The number of methoxy groups -OCH3 is 3. The van der Waals surface area contributed by atoms with Crippen molar-refractivity contribution < 1.29 is 19.3 Å². The van der Waals surface area contributed by atoms with Crippen molar-refractivity contribution in [1.82, 2.24) is 0 Å². The lowest BCUT2D eigenvalue weighted by molar-refractivity contribution is 0.265. The summed E-state index contributed by atoms with van der Waals surface area (Å²) in [6.45, 7) is -0.0589. The van der Waals surface area contributed by atoms with E-state index in [1.54, 1.807) is 21.3 Å². The van der Waals surface area contributed by atoms with Gasteiger partial charge in [-0.05, 0) is 24.1 Å². The van der Waals surface area contributed by atoms with Crippen LogP contribution in [0.1, 0.15) is 5.56 Å². The topological polar surface area (TPSA) is 73.9 Å². The molecule has 0 saturated carbocycles. The second-order valence-electron chi connectivity index (χ2n) is 3.68. The van der Waals surface area contributed by atoms with Gasteiger partial charge in [-0.3, -0.25) is 0 Å². The maximum Gasteiger partial charge on any atom is 0.203 e. The van der Waals surface area contributed by atoms with Crippen LogP contribution < -0.4 is 19.9 Å². The van der Waals surface area contributed by atoms with Gasteiger partial charge < -0.3 is 25.1 Å². The Balaban J connectivity index is 3.08. The van der Waals surface area contributed by atoms with E-state index in [1.165, 1.54) is 0 Å². The van der Waals surface area contributed by atoms with Crippen LogP contribution in [0.15, 0.2) is 12.1 Å². The van der Waals surface area contributed by atoms with E-state index in [1.807, 2.05) is 12.1 Å². The first-order valence-electron chi connectivity index (χ1n) is 5.31. The second-order valence-corrected chi connectivity index (χ2v) is 3.68. The summed E-state index contributed by atoms with van der Waals surface area (Å²) in [6.07, 6.45) is 0.549. The fraction of sp³-hybridized carbons (Fsp3) is 0.500. The van der Waals surface area contributed by atoms with Gasteiger partial charge in [-0.25, -0.2) is 0 Å². The third-order valence-electron chi connectivity index (χ3n) is 2.46. The van der Waals surface area contributed by atoms with Crippen LogP contribution in [0, 0.1) is 0 Å². The van der Waals surface area contributed by atoms with Gasteiger partial charge in [0.1, 0.15) is 0 Å². The molecule has 0 aliphatic carbocycles. The van der Waals surface area contributed by atoms with Crippen molar-refractivity contribution in [3.05, 3.63) is 17.7 Å². The summed E-state index contributed by atoms with van der Waals surface area (Å²) in [6, 6.07) is 3.37. The maximum atomic E-state index is 8.94. The average Bonchev–Trinajstić information content (AvgIpc) is 2.37. The molecule has 0 saturated heterocycles. The fourth-order valence-corrected chi connectivity index (χ4v) is 1.62.